The van der Waals surface area contributed by atoms with Crippen LogP contribution in [0.15, 0.2) is 12.1 Å². The Morgan fingerprint density at radius 3 is 3.18 bits per heavy atom. The van der Waals surface area contributed by atoms with Crippen LogP contribution in [-0.4, -0.2) is 55.7 Å². The number of nitrogens with one attached hydrogen (secondary N) is 1. The van der Waals surface area contributed by atoms with E-state index in [0.29, 0.717) is 6.54 Å². The standard InChI is InChI=1S/C15H18N4O2S/c1-18(2)8-9-7-16-14(20)19(9)15-17-13-10-5-6-21-11(10)3-4-12(13)22-15/h3-4,9H,5-8H2,1-2H3,(H,16,20). The third-order valence-electron chi connectivity index (χ3n) is 4.08. The Labute approximate surface area is 132 Å². The van der Waals surface area contributed by atoms with Crippen LogP contribution in [0.2, 0.25) is 0 Å². The van der Waals surface area contributed by atoms with Crippen LogP contribution in [-0.2, 0) is 6.42 Å². The Balaban J connectivity index is 1.75. The van der Waals surface area contributed by atoms with Gasteiger partial charge in [0.25, 0.3) is 0 Å². The van der Waals surface area contributed by atoms with Gasteiger partial charge in [-0.1, -0.05) is 11.3 Å². The number of carbonyl (C=O) groups is 1. The number of carbonyl (C=O) groups excluding carboxylic acids is 1. The highest BCUT2D eigenvalue weighted by atomic mass is 32.1. The molecule has 1 saturated heterocycles. The lowest BCUT2D eigenvalue weighted by Gasteiger charge is -2.23. The van der Waals surface area contributed by atoms with E-state index in [1.165, 1.54) is 5.56 Å². The van der Waals surface area contributed by atoms with E-state index in [1.54, 1.807) is 16.2 Å². The molecule has 1 aromatic carbocycles. The minimum absolute atomic E-state index is 0.0567. The van der Waals surface area contributed by atoms with E-state index >= 15 is 0 Å². The van der Waals surface area contributed by atoms with Crippen molar-refractivity contribution in [1.82, 2.24) is 15.2 Å². The number of aromatic nitrogens is 1. The highest BCUT2D eigenvalue weighted by Gasteiger charge is 2.34. The van der Waals surface area contributed by atoms with Gasteiger partial charge < -0.3 is 15.0 Å². The second-order valence-electron chi connectivity index (χ2n) is 5.96. The van der Waals surface area contributed by atoms with Crippen LogP contribution in [0.3, 0.4) is 0 Å². The average Bonchev–Trinajstić information content (AvgIpc) is 3.14. The summed E-state index contributed by atoms with van der Waals surface area (Å²) in [5, 5.41) is 3.70. The monoisotopic (exact) mass is 318 g/mol. The number of amides is 2. The van der Waals surface area contributed by atoms with Crippen molar-refractivity contribution in [3.63, 3.8) is 0 Å². The predicted molar refractivity (Wildman–Crippen MR) is 87.0 cm³/mol. The fraction of sp³-hybridized carbons (Fsp3) is 0.467. The van der Waals surface area contributed by atoms with Crippen LogP contribution in [0, 0.1) is 0 Å². The molecule has 1 aromatic heterocycles. The molecule has 1 unspecified atom stereocenters. The Morgan fingerprint density at radius 1 is 1.50 bits per heavy atom. The van der Waals surface area contributed by atoms with E-state index < -0.39 is 0 Å². The van der Waals surface area contributed by atoms with Gasteiger partial charge in [0.05, 0.1) is 22.9 Å². The van der Waals surface area contributed by atoms with Crippen LogP contribution >= 0.6 is 11.3 Å². The van der Waals surface area contributed by atoms with E-state index in [2.05, 4.69) is 10.2 Å². The summed E-state index contributed by atoms with van der Waals surface area (Å²) in [7, 11) is 4.03. The molecule has 4 rings (SSSR count). The number of fused-ring (bicyclic) bond motifs is 3. The first kappa shape index (κ1) is 13.8. The first-order valence-electron chi connectivity index (χ1n) is 7.40. The first-order valence-corrected chi connectivity index (χ1v) is 8.22. The van der Waals surface area contributed by atoms with Crippen molar-refractivity contribution in [3.8, 4) is 5.75 Å². The largest absolute Gasteiger partial charge is 0.493 e. The van der Waals surface area contributed by atoms with Crippen molar-refractivity contribution in [3.05, 3.63) is 17.7 Å². The fourth-order valence-corrected chi connectivity index (χ4v) is 4.18. The quantitative estimate of drug-likeness (QED) is 0.936. The molecular formula is C15H18N4O2S. The summed E-state index contributed by atoms with van der Waals surface area (Å²) in [4.78, 5) is 20.9. The minimum Gasteiger partial charge on any atom is -0.493 e. The van der Waals surface area contributed by atoms with Crippen molar-refractivity contribution >= 4 is 32.7 Å². The van der Waals surface area contributed by atoms with Gasteiger partial charge in [0.2, 0.25) is 0 Å². The van der Waals surface area contributed by atoms with Crippen molar-refractivity contribution in [2.75, 3.05) is 38.7 Å². The predicted octanol–water partition coefficient (Wildman–Crippen LogP) is 1.69. The summed E-state index contributed by atoms with van der Waals surface area (Å²) in [6.07, 6.45) is 0.892. The number of ether oxygens (including phenoxy) is 1. The molecule has 0 saturated carbocycles. The summed E-state index contributed by atoms with van der Waals surface area (Å²) in [6, 6.07) is 4.11. The van der Waals surface area contributed by atoms with Crippen molar-refractivity contribution < 1.29 is 9.53 Å². The van der Waals surface area contributed by atoms with Crippen LogP contribution in [0.4, 0.5) is 9.93 Å². The normalized spacial score (nSPS) is 20.6. The molecule has 2 aliphatic heterocycles. The maximum absolute atomic E-state index is 12.2. The lowest BCUT2D eigenvalue weighted by Crippen LogP contribution is -2.40. The molecule has 2 aromatic rings. The van der Waals surface area contributed by atoms with Crippen molar-refractivity contribution in [2.45, 2.75) is 12.5 Å². The van der Waals surface area contributed by atoms with Crippen LogP contribution < -0.4 is 15.0 Å². The second kappa shape index (κ2) is 5.10. The molecular weight excluding hydrogens is 300 g/mol. The molecule has 7 heteroatoms. The molecule has 6 nitrogen and oxygen atoms in total. The van der Waals surface area contributed by atoms with Crippen LogP contribution in [0.25, 0.3) is 10.2 Å². The van der Waals surface area contributed by atoms with Gasteiger partial charge in [0.1, 0.15) is 5.75 Å². The molecule has 1 N–H and O–H groups in total. The number of anilines is 1. The molecule has 3 heterocycles. The van der Waals surface area contributed by atoms with E-state index in [0.717, 1.165) is 40.7 Å². The van der Waals surface area contributed by atoms with Crippen molar-refractivity contribution in [2.24, 2.45) is 0 Å². The van der Waals surface area contributed by atoms with Crippen molar-refractivity contribution in [1.29, 1.82) is 0 Å². The lowest BCUT2D eigenvalue weighted by molar-refractivity contribution is 0.251. The van der Waals surface area contributed by atoms with Gasteiger partial charge in [-0.2, -0.15) is 0 Å². The maximum Gasteiger partial charge on any atom is 0.324 e. The van der Waals surface area contributed by atoms with E-state index in [-0.39, 0.29) is 12.1 Å². The number of rotatable bonds is 3. The number of hydrogen-bond acceptors (Lipinski definition) is 5. The summed E-state index contributed by atoms with van der Waals surface area (Å²) < 4.78 is 6.71. The molecule has 0 aliphatic carbocycles. The zero-order valence-electron chi connectivity index (χ0n) is 12.6. The first-order chi connectivity index (χ1) is 10.6. The second-order valence-corrected chi connectivity index (χ2v) is 6.97. The Kier molecular flexibility index (Phi) is 3.19. The fourth-order valence-electron chi connectivity index (χ4n) is 3.12. The SMILES string of the molecule is CN(C)CC1CNC(=O)N1c1nc2c3c(ccc2s1)OCC3. The Morgan fingerprint density at radius 2 is 2.36 bits per heavy atom. The Bertz CT molecular complexity index is 742. The summed E-state index contributed by atoms with van der Waals surface area (Å²) in [6.45, 7) is 2.19. The number of likely N-dealkylation sites (N-methyl/N-ethyl adjacent to an activating group) is 1. The van der Waals surface area contributed by atoms with E-state index in [9.17, 15) is 4.79 Å². The summed E-state index contributed by atoms with van der Waals surface area (Å²) in [5.74, 6) is 0.931. The Hall–Kier alpha value is -1.86. The summed E-state index contributed by atoms with van der Waals surface area (Å²) in [5.41, 5.74) is 2.15. The van der Waals surface area contributed by atoms with Crippen LogP contribution in [0.1, 0.15) is 5.56 Å². The van der Waals surface area contributed by atoms with E-state index in [4.69, 9.17) is 9.72 Å². The molecule has 2 aliphatic rings. The number of nitrogens with zero attached hydrogens (tertiary/aromatic N) is 3. The van der Waals surface area contributed by atoms with Gasteiger partial charge in [0, 0.05) is 25.1 Å². The van der Waals surface area contributed by atoms with E-state index in [1.807, 2.05) is 26.2 Å². The highest BCUT2D eigenvalue weighted by molar-refractivity contribution is 7.22. The number of benzene rings is 1. The zero-order valence-corrected chi connectivity index (χ0v) is 13.4. The average molecular weight is 318 g/mol. The number of hydrogen-bond donors (Lipinski definition) is 1. The molecule has 0 bridgehead atoms. The van der Waals surface area contributed by atoms with Gasteiger partial charge in [-0.05, 0) is 26.2 Å². The van der Waals surface area contributed by atoms with Gasteiger partial charge >= 0.3 is 6.03 Å². The maximum atomic E-state index is 12.2. The number of thiazole rings is 1. The third kappa shape index (κ3) is 2.12. The molecule has 116 valence electrons. The van der Waals surface area contributed by atoms with Gasteiger partial charge in [-0.3, -0.25) is 4.90 Å². The van der Waals surface area contributed by atoms with Gasteiger partial charge in [0.15, 0.2) is 5.13 Å². The number of urea groups is 1. The zero-order chi connectivity index (χ0) is 15.3. The summed E-state index contributed by atoms with van der Waals surface area (Å²) >= 11 is 1.58. The molecule has 1 fully saturated rings. The molecule has 22 heavy (non-hydrogen) atoms. The molecule has 0 radical (unpaired) electrons. The lowest BCUT2D eigenvalue weighted by atomic mass is 10.1. The van der Waals surface area contributed by atoms with Gasteiger partial charge in [-0.25, -0.2) is 9.78 Å². The topological polar surface area (TPSA) is 57.7 Å². The smallest absolute Gasteiger partial charge is 0.324 e. The third-order valence-corrected chi connectivity index (χ3v) is 5.10. The molecule has 2 amide bonds. The molecule has 1 atom stereocenters. The molecule has 0 spiro atoms. The minimum atomic E-state index is -0.0567. The highest BCUT2D eigenvalue weighted by Crippen LogP contribution is 2.38. The van der Waals surface area contributed by atoms with Gasteiger partial charge in [-0.15, -0.1) is 0 Å². The van der Waals surface area contributed by atoms with Crippen LogP contribution in [0.5, 0.6) is 5.75 Å².